The molecule has 0 saturated carbocycles. The predicted molar refractivity (Wildman–Crippen MR) is 64.3 cm³/mol. The topological polar surface area (TPSA) is 54.9 Å². The number of hydrogen-bond donors (Lipinski definition) is 1. The van der Waals surface area contributed by atoms with Gasteiger partial charge in [0.1, 0.15) is 12.1 Å². The number of aryl methyl sites for hydroxylation is 1. The molecule has 1 aromatic carbocycles. The minimum atomic E-state index is -0.317. The van der Waals surface area contributed by atoms with Crippen LogP contribution in [0.25, 0.3) is 0 Å². The van der Waals surface area contributed by atoms with E-state index in [4.69, 9.17) is 0 Å². The van der Waals surface area contributed by atoms with Crippen molar-refractivity contribution in [3.05, 3.63) is 59.4 Å². The minimum absolute atomic E-state index is 0.253. The van der Waals surface area contributed by atoms with Crippen LogP contribution >= 0.6 is 0 Å². The van der Waals surface area contributed by atoms with E-state index in [-0.39, 0.29) is 11.7 Å². The maximum atomic E-state index is 13.1. The van der Waals surface area contributed by atoms with Crippen LogP contribution in [-0.4, -0.2) is 15.9 Å². The normalized spacial score (nSPS) is 10.1. The van der Waals surface area contributed by atoms with Crippen molar-refractivity contribution in [3.63, 3.8) is 0 Å². The molecule has 1 aromatic heterocycles. The zero-order valence-corrected chi connectivity index (χ0v) is 9.85. The van der Waals surface area contributed by atoms with Gasteiger partial charge in [-0.05, 0) is 36.8 Å². The molecule has 2 rings (SSSR count). The molecule has 0 saturated heterocycles. The smallest absolute Gasteiger partial charge is 0.251 e. The first kappa shape index (κ1) is 12.2. The molecule has 1 heterocycles. The Labute approximate surface area is 104 Å². The first-order valence-corrected chi connectivity index (χ1v) is 5.46. The fourth-order valence-corrected chi connectivity index (χ4v) is 1.48. The van der Waals surface area contributed by atoms with Crippen LogP contribution in [0.15, 0.2) is 36.8 Å². The Morgan fingerprint density at radius 3 is 2.89 bits per heavy atom. The second kappa shape index (κ2) is 5.35. The maximum Gasteiger partial charge on any atom is 0.251 e. The molecule has 2 aromatic rings. The molecular formula is C13H12FN3O. The first-order valence-electron chi connectivity index (χ1n) is 5.46. The van der Waals surface area contributed by atoms with Crippen molar-refractivity contribution in [3.8, 4) is 0 Å². The van der Waals surface area contributed by atoms with Crippen LogP contribution in [0, 0.1) is 12.7 Å². The number of benzene rings is 1. The molecule has 18 heavy (non-hydrogen) atoms. The third kappa shape index (κ3) is 2.88. The first-order chi connectivity index (χ1) is 8.66. The Hall–Kier alpha value is -2.30. The van der Waals surface area contributed by atoms with E-state index in [1.165, 1.54) is 24.5 Å². The van der Waals surface area contributed by atoms with Gasteiger partial charge in [-0.15, -0.1) is 0 Å². The van der Waals surface area contributed by atoms with Gasteiger partial charge in [-0.2, -0.15) is 0 Å². The summed E-state index contributed by atoms with van der Waals surface area (Å²) < 4.78 is 13.1. The lowest BCUT2D eigenvalue weighted by atomic mass is 10.1. The molecule has 0 spiro atoms. The summed E-state index contributed by atoms with van der Waals surface area (Å²) in [5.41, 5.74) is 1.60. The lowest BCUT2D eigenvalue weighted by Crippen LogP contribution is -2.23. The van der Waals surface area contributed by atoms with E-state index in [0.717, 1.165) is 5.69 Å². The summed E-state index contributed by atoms with van der Waals surface area (Å²) in [5.74, 6) is -0.570. The third-order valence-corrected chi connectivity index (χ3v) is 2.49. The summed E-state index contributed by atoms with van der Waals surface area (Å²) >= 11 is 0. The molecule has 0 aliphatic carbocycles. The van der Waals surface area contributed by atoms with Crippen LogP contribution in [0.5, 0.6) is 0 Å². The van der Waals surface area contributed by atoms with Crippen LogP contribution in [0.4, 0.5) is 4.39 Å². The number of nitrogens with zero attached hydrogens (tertiary/aromatic N) is 2. The highest BCUT2D eigenvalue weighted by molar-refractivity contribution is 5.94. The second-order valence-electron chi connectivity index (χ2n) is 3.85. The summed E-state index contributed by atoms with van der Waals surface area (Å²) in [4.78, 5) is 19.6. The SMILES string of the molecule is Cc1cc(C(=O)NCc2ccncn2)ccc1F. The van der Waals surface area contributed by atoms with E-state index in [2.05, 4.69) is 15.3 Å². The molecule has 4 nitrogen and oxygen atoms in total. The van der Waals surface area contributed by atoms with E-state index < -0.39 is 0 Å². The molecule has 0 bridgehead atoms. The van der Waals surface area contributed by atoms with Gasteiger partial charge >= 0.3 is 0 Å². The van der Waals surface area contributed by atoms with Gasteiger partial charge in [0, 0.05) is 11.8 Å². The summed E-state index contributed by atoms with van der Waals surface area (Å²) in [6, 6.07) is 5.98. The second-order valence-corrected chi connectivity index (χ2v) is 3.85. The van der Waals surface area contributed by atoms with Crippen molar-refractivity contribution in [1.82, 2.24) is 15.3 Å². The summed E-state index contributed by atoms with van der Waals surface area (Å²) in [5, 5.41) is 2.71. The number of carbonyl (C=O) groups excluding carboxylic acids is 1. The van der Waals surface area contributed by atoms with Crippen LogP contribution < -0.4 is 5.32 Å². The number of hydrogen-bond acceptors (Lipinski definition) is 3. The highest BCUT2D eigenvalue weighted by Gasteiger charge is 2.07. The lowest BCUT2D eigenvalue weighted by molar-refractivity contribution is 0.0950. The van der Waals surface area contributed by atoms with Gasteiger partial charge in [-0.25, -0.2) is 14.4 Å². The average Bonchev–Trinajstić information content (AvgIpc) is 2.40. The molecule has 0 aliphatic rings. The number of aromatic nitrogens is 2. The average molecular weight is 245 g/mol. The van der Waals surface area contributed by atoms with Crippen LogP contribution in [0.1, 0.15) is 21.6 Å². The highest BCUT2D eigenvalue weighted by Crippen LogP contribution is 2.09. The van der Waals surface area contributed by atoms with Crippen molar-refractivity contribution in [2.24, 2.45) is 0 Å². The van der Waals surface area contributed by atoms with Crippen molar-refractivity contribution < 1.29 is 9.18 Å². The minimum Gasteiger partial charge on any atom is -0.346 e. The quantitative estimate of drug-likeness (QED) is 0.897. The fourth-order valence-electron chi connectivity index (χ4n) is 1.48. The zero-order valence-electron chi connectivity index (χ0n) is 9.85. The van der Waals surface area contributed by atoms with Crippen molar-refractivity contribution in [1.29, 1.82) is 0 Å². The molecular weight excluding hydrogens is 233 g/mol. The van der Waals surface area contributed by atoms with Gasteiger partial charge in [-0.3, -0.25) is 4.79 Å². The Morgan fingerprint density at radius 1 is 1.39 bits per heavy atom. The largest absolute Gasteiger partial charge is 0.346 e. The molecule has 0 aliphatic heterocycles. The van der Waals surface area contributed by atoms with Gasteiger partial charge < -0.3 is 5.32 Å². The van der Waals surface area contributed by atoms with Gasteiger partial charge in [0.2, 0.25) is 0 Å². The Morgan fingerprint density at radius 2 is 2.22 bits per heavy atom. The molecule has 92 valence electrons. The van der Waals surface area contributed by atoms with Crippen LogP contribution in [-0.2, 0) is 6.54 Å². The summed E-state index contributed by atoms with van der Waals surface area (Å²) in [6.45, 7) is 1.94. The van der Waals surface area contributed by atoms with E-state index in [9.17, 15) is 9.18 Å². The lowest BCUT2D eigenvalue weighted by Gasteiger charge is -2.05. The molecule has 5 heteroatoms. The fraction of sp³-hybridized carbons (Fsp3) is 0.154. The van der Waals surface area contributed by atoms with E-state index in [1.54, 1.807) is 19.2 Å². The highest BCUT2D eigenvalue weighted by atomic mass is 19.1. The molecule has 0 fully saturated rings. The van der Waals surface area contributed by atoms with Gasteiger partial charge in [0.25, 0.3) is 5.91 Å². The van der Waals surface area contributed by atoms with Gasteiger partial charge in [-0.1, -0.05) is 0 Å². The molecule has 0 unspecified atom stereocenters. The van der Waals surface area contributed by atoms with Crippen molar-refractivity contribution >= 4 is 5.91 Å². The third-order valence-electron chi connectivity index (χ3n) is 2.49. The Kier molecular flexibility index (Phi) is 3.62. The number of amides is 1. The standard InChI is InChI=1S/C13H12FN3O/c1-9-6-10(2-3-12(9)14)13(18)16-7-11-4-5-15-8-17-11/h2-6,8H,7H2,1H3,(H,16,18). The number of carbonyl (C=O) groups is 1. The van der Waals surface area contributed by atoms with Crippen LogP contribution in [0.2, 0.25) is 0 Å². The number of rotatable bonds is 3. The van der Waals surface area contributed by atoms with Crippen LogP contribution in [0.3, 0.4) is 0 Å². The van der Waals surface area contributed by atoms with Crippen molar-refractivity contribution in [2.45, 2.75) is 13.5 Å². The summed E-state index contributed by atoms with van der Waals surface area (Å²) in [6.07, 6.45) is 3.03. The maximum absolute atomic E-state index is 13.1. The molecule has 0 atom stereocenters. The predicted octanol–water partition coefficient (Wildman–Crippen LogP) is 1.85. The number of halogens is 1. The zero-order chi connectivity index (χ0) is 13.0. The Bertz CT molecular complexity index is 557. The van der Waals surface area contributed by atoms with E-state index in [1.807, 2.05) is 0 Å². The molecule has 0 radical (unpaired) electrons. The van der Waals surface area contributed by atoms with E-state index >= 15 is 0 Å². The monoisotopic (exact) mass is 245 g/mol. The summed E-state index contributed by atoms with van der Waals surface area (Å²) in [7, 11) is 0. The number of nitrogens with one attached hydrogen (secondary N) is 1. The Balaban J connectivity index is 2.02. The van der Waals surface area contributed by atoms with Gasteiger partial charge in [0.05, 0.1) is 12.2 Å². The van der Waals surface area contributed by atoms with Crippen molar-refractivity contribution in [2.75, 3.05) is 0 Å². The molecule has 1 amide bonds. The van der Waals surface area contributed by atoms with Gasteiger partial charge in [0.15, 0.2) is 0 Å². The molecule has 1 N–H and O–H groups in total. The van der Waals surface area contributed by atoms with E-state index in [0.29, 0.717) is 17.7 Å².